The zero-order chi connectivity index (χ0) is 9.40. The van der Waals surface area contributed by atoms with Crippen molar-refractivity contribution in [3.8, 4) is 0 Å². The number of carbonyl (C=O) groups is 1. The highest BCUT2D eigenvalue weighted by atomic mass is 16.5. The SMILES string of the molecule is CCOC(=O)C(CO)CCNC. The van der Waals surface area contributed by atoms with Crippen LogP contribution in [-0.2, 0) is 9.53 Å². The van der Waals surface area contributed by atoms with Crippen LogP contribution < -0.4 is 5.32 Å². The summed E-state index contributed by atoms with van der Waals surface area (Å²) in [5, 5.41) is 11.7. The van der Waals surface area contributed by atoms with E-state index in [0.29, 0.717) is 19.6 Å². The van der Waals surface area contributed by atoms with Crippen molar-refractivity contribution in [1.29, 1.82) is 0 Å². The predicted molar refractivity (Wildman–Crippen MR) is 45.8 cm³/mol. The third-order valence-corrected chi connectivity index (χ3v) is 1.58. The third kappa shape index (κ3) is 4.31. The first-order valence-corrected chi connectivity index (χ1v) is 4.18. The van der Waals surface area contributed by atoms with Crippen LogP contribution in [0.25, 0.3) is 0 Å². The highest BCUT2D eigenvalue weighted by Crippen LogP contribution is 2.03. The molecule has 0 spiro atoms. The lowest BCUT2D eigenvalue weighted by atomic mass is 10.1. The Kier molecular flexibility index (Phi) is 6.70. The van der Waals surface area contributed by atoms with Gasteiger partial charge in [-0.3, -0.25) is 4.79 Å². The Morgan fingerprint density at radius 1 is 1.67 bits per heavy atom. The molecule has 0 amide bonds. The van der Waals surface area contributed by atoms with Gasteiger partial charge in [0, 0.05) is 0 Å². The van der Waals surface area contributed by atoms with E-state index in [0.717, 1.165) is 0 Å². The lowest BCUT2D eigenvalue weighted by Gasteiger charge is -2.11. The number of hydrogen-bond acceptors (Lipinski definition) is 4. The minimum absolute atomic E-state index is 0.138. The van der Waals surface area contributed by atoms with Crippen LogP contribution in [0.2, 0.25) is 0 Å². The van der Waals surface area contributed by atoms with Crippen molar-refractivity contribution in [3.63, 3.8) is 0 Å². The summed E-state index contributed by atoms with van der Waals surface area (Å²) in [7, 11) is 1.81. The Morgan fingerprint density at radius 3 is 2.75 bits per heavy atom. The number of hydrogen-bond donors (Lipinski definition) is 2. The largest absolute Gasteiger partial charge is 0.466 e. The number of carbonyl (C=O) groups excluding carboxylic acids is 1. The zero-order valence-electron chi connectivity index (χ0n) is 7.67. The molecule has 0 aliphatic rings. The molecule has 0 saturated carbocycles. The number of esters is 1. The fourth-order valence-corrected chi connectivity index (χ4v) is 0.862. The van der Waals surface area contributed by atoms with Crippen molar-refractivity contribution in [2.75, 3.05) is 26.8 Å². The Balaban J connectivity index is 3.71. The molecule has 1 unspecified atom stereocenters. The second-order valence-corrected chi connectivity index (χ2v) is 2.52. The maximum absolute atomic E-state index is 11.1. The van der Waals surface area contributed by atoms with E-state index in [4.69, 9.17) is 9.84 Å². The molecule has 4 heteroatoms. The van der Waals surface area contributed by atoms with Gasteiger partial charge in [0.1, 0.15) is 0 Å². The molecule has 0 radical (unpaired) electrons. The first-order valence-electron chi connectivity index (χ1n) is 4.18. The van der Waals surface area contributed by atoms with Gasteiger partial charge in [-0.1, -0.05) is 0 Å². The van der Waals surface area contributed by atoms with Gasteiger partial charge in [-0.25, -0.2) is 0 Å². The van der Waals surface area contributed by atoms with E-state index < -0.39 is 0 Å². The van der Waals surface area contributed by atoms with Crippen molar-refractivity contribution < 1.29 is 14.6 Å². The molecule has 12 heavy (non-hydrogen) atoms. The van der Waals surface area contributed by atoms with Crippen molar-refractivity contribution in [2.45, 2.75) is 13.3 Å². The van der Waals surface area contributed by atoms with Crippen LogP contribution in [-0.4, -0.2) is 37.9 Å². The molecule has 0 aliphatic heterocycles. The average molecular weight is 175 g/mol. The molecule has 0 heterocycles. The van der Waals surface area contributed by atoms with E-state index in [-0.39, 0.29) is 18.5 Å². The van der Waals surface area contributed by atoms with Gasteiger partial charge in [0.25, 0.3) is 0 Å². The van der Waals surface area contributed by atoms with Gasteiger partial charge in [-0.15, -0.1) is 0 Å². The third-order valence-electron chi connectivity index (χ3n) is 1.58. The summed E-state index contributed by atoms with van der Waals surface area (Å²) in [5.74, 6) is -0.687. The molecule has 0 aromatic heterocycles. The Hall–Kier alpha value is -0.610. The maximum Gasteiger partial charge on any atom is 0.311 e. The van der Waals surface area contributed by atoms with Crippen molar-refractivity contribution in [2.24, 2.45) is 5.92 Å². The Bertz CT molecular complexity index is 127. The van der Waals surface area contributed by atoms with Gasteiger partial charge in [0.2, 0.25) is 0 Å². The summed E-state index contributed by atoms with van der Waals surface area (Å²) in [6.07, 6.45) is 0.617. The van der Waals surface area contributed by atoms with Crippen LogP contribution in [0.15, 0.2) is 0 Å². The molecule has 0 aromatic rings. The van der Waals surface area contributed by atoms with E-state index in [1.54, 1.807) is 14.0 Å². The molecule has 0 aromatic carbocycles. The van der Waals surface area contributed by atoms with E-state index >= 15 is 0 Å². The van der Waals surface area contributed by atoms with Crippen LogP contribution in [0.5, 0.6) is 0 Å². The van der Waals surface area contributed by atoms with Gasteiger partial charge < -0.3 is 15.2 Å². The van der Waals surface area contributed by atoms with Crippen LogP contribution in [0.1, 0.15) is 13.3 Å². The lowest BCUT2D eigenvalue weighted by Crippen LogP contribution is -2.25. The summed E-state index contributed by atoms with van der Waals surface area (Å²) in [4.78, 5) is 11.1. The molecule has 0 rings (SSSR count). The number of nitrogens with one attached hydrogen (secondary N) is 1. The Labute approximate surface area is 72.9 Å². The fourth-order valence-electron chi connectivity index (χ4n) is 0.862. The first kappa shape index (κ1) is 11.4. The van der Waals surface area contributed by atoms with Gasteiger partial charge >= 0.3 is 5.97 Å². The quantitative estimate of drug-likeness (QED) is 0.547. The number of ether oxygens (including phenoxy) is 1. The minimum atomic E-state index is -0.377. The molecule has 0 fully saturated rings. The normalized spacial score (nSPS) is 12.6. The minimum Gasteiger partial charge on any atom is -0.466 e. The summed E-state index contributed by atoms with van der Waals surface area (Å²) in [5.41, 5.74) is 0. The molecular formula is C8H17NO3. The van der Waals surface area contributed by atoms with Crippen LogP contribution in [0, 0.1) is 5.92 Å². The van der Waals surface area contributed by atoms with Crippen molar-refractivity contribution >= 4 is 5.97 Å². The summed E-state index contributed by atoms with van der Waals surface area (Å²) < 4.78 is 4.77. The number of rotatable bonds is 6. The smallest absolute Gasteiger partial charge is 0.311 e. The van der Waals surface area contributed by atoms with Crippen molar-refractivity contribution in [3.05, 3.63) is 0 Å². The molecule has 2 N–H and O–H groups in total. The van der Waals surface area contributed by atoms with Crippen LogP contribution >= 0.6 is 0 Å². The van der Waals surface area contributed by atoms with Gasteiger partial charge in [0.15, 0.2) is 0 Å². The molecule has 0 saturated heterocycles. The lowest BCUT2D eigenvalue weighted by molar-refractivity contribution is -0.149. The first-order chi connectivity index (χ1) is 5.76. The fraction of sp³-hybridized carbons (Fsp3) is 0.875. The highest BCUT2D eigenvalue weighted by molar-refractivity contribution is 5.72. The van der Waals surface area contributed by atoms with Crippen LogP contribution in [0.3, 0.4) is 0 Å². The van der Waals surface area contributed by atoms with Gasteiger partial charge in [-0.05, 0) is 26.9 Å². The summed E-state index contributed by atoms with van der Waals surface area (Å²) in [6.45, 7) is 2.70. The Morgan fingerprint density at radius 2 is 2.33 bits per heavy atom. The van der Waals surface area contributed by atoms with E-state index in [1.165, 1.54) is 0 Å². The van der Waals surface area contributed by atoms with Crippen molar-refractivity contribution in [1.82, 2.24) is 5.32 Å². The summed E-state index contributed by atoms with van der Waals surface area (Å²) >= 11 is 0. The number of aliphatic hydroxyl groups is 1. The highest BCUT2D eigenvalue weighted by Gasteiger charge is 2.17. The average Bonchev–Trinajstić information content (AvgIpc) is 2.06. The van der Waals surface area contributed by atoms with Gasteiger partial charge in [0.05, 0.1) is 19.1 Å². The topological polar surface area (TPSA) is 58.6 Å². The summed E-state index contributed by atoms with van der Waals surface area (Å²) in [6, 6.07) is 0. The molecular weight excluding hydrogens is 158 g/mol. The number of aliphatic hydroxyl groups excluding tert-OH is 1. The predicted octanol–water partition coefficient (Wildman–Crippen LogP) is -0.232. The monoisotopic (exact) mass is 175 g/mol. The molecule has 0 bridgehead atoms. The van der Waals surface area contributed by atoms with Crippen LogP contribution in [0.4, 0.5) is 0 Å². The second kappa shape index (κ2) is 7.06. The standard InChI is InChI=1S/C8H17NO3/c1-3-12-8(11)7(6-10)4-5-9-2/h7,9-10H,3-6H2,1-2H3. The van der Waals surface area contributed by atoms with Gasteiger partial charge in [-0.2, -0.15) is 0 Å². The molecule has 1 atom stereocenters. The molecule has 72 valence electrons. The molecule has 0 aliphatic carbocycles. The maximum atomic E-state index is 11.1. The van der Waals surface area contributed by atoms with E-state index in [2.05, 4.69) is 5.32 Å². The molecule has 4 nitrogen and oxygen atoms in total. The zero-order valence-corrected chi connectivity index (χ0v) is 7.67. The second-order valence-electron chi connectivity index (χ2n) is 2.52. The van der Waals surface area contributed by atoms with E-state index in [1.807, 2.05) is 0 Å². The van der Waals surface area contributed by atoms with E-state index in [9.17, 15) is 4.79 Å².